The van der Waals surface area contributed by atoms with E-state index >= 15 is 0 Å². The van der Waals surface area contributed by atoms with E-state index in [0.29, 0.717) is 18.0 Å². The molecule has 0 aliphatic heterocycles. The third-order valence-electron chi connectivity index (χ3n) is 5.91. The molecule has 0 aromatic heterocycles. The Balaban J connectivity index is 1.84. The number of hydrogen-bond acceptors (Lipinski definition) is 5. The number of hydrogen-bond donors (Lipinski definition) is 2. The smallest absolute Gasteiger partial charge is 0.329 e. The molecule has 0 saturated carbocycles. The minimum Gasteiger partial charge on any atom is -0.497 e. The van der Waals surface area contributed by atoms with Crippen LogP contribution in [0.1, 0.15) is 37.8 Å². The number of methoxy groups -OCH3 is 1. The summed E-state index contributed by atoms with van der Waals surface area (Å²) in [7, 11) is -2.59. The Morgan fingerprint density at radius 1 is 0.946 bits per heavy atom. The highest BCUT2D eigenvalue weighted by atomic mass is 32.2. The van der Waals surface area contributed by atoms with Crippen LogP contribution in [0.5, 0.6) is 5.75 Å². The molecule has 0 heterocycles. The Labute approximate surface area is 218 Å². The van der Waals surface area contributed by atoms with Crippen molar-refractivity contribution in [1.29, 1.82) is 0 Å². The molecular formula is C28H33N3O5S. The minimum atomic E-state index is -4.15. The summed E-state index contributed by atoms with van der Waals surface area (Å²) in [5, 5.41) is 2.59. The van der Waals surface area contributed by atoms with E-state index in [4.69, 9.17) is 4.74 Å². The minimum absolute atomic E-state index is 0.0202. The van der Waals surface area contributed by atoms with E-state index in [1.54, 1.807) is 37.4 Å². The number of sulfonamides is 1. The molecule has 3 aromatic rings. The Bertz CT molecular complexity index is 1310. The molecule has 3 amide bonds. The molecule has 0 bridgehead atoms. The van der Waals surface area contributed by atoms with Crippen molar-refractivity contribution in [2.75, 3.05) is 18.6 Å². The van der Waals surface area contributed by atoms with Gasteiger partial charge in [0.15, 0.2) is 0 Å². The van der Waals surface area contributed by atoms with Crippen molar-refractivity contribution in [3.63, 3.8) is 0 Å². The van der Waals surface area contributed by atoms with Crippen LogP contribution in [0.2, 0.25) is 0 Å². The van der Waals surface area contributed by atoms with E-state index in [1.807, 2.05) is 57.2 Å². The lowest BCUT2D eigenvalue weighted by Crippen LogP contribution is -2.53. The molecule has 3 aromatic carbocycles. The lowest BCUT2D eigenvalue weighted by molar-refractivity contribution is -0.120. The Morgan fingerprint density at radius 3 is 2.22 bits per heavy atom. The number of nitrogens with one attached hydrogen (secondary N) is 2. The first-order valence-corrected chi connectivity index (χ1v) is 13.6. The van der Waals surface area contributed by atoms with Gasteiger partial charge in [0, 0.05) is 18.7 Å². The van der Waals surface area contributed by atoms with Crippen molar-refractivity contribution in [3.8, 4) is 5.75 Å². The number of anilines is 1. The van der Waals surface area contributed by atoms with Crippen molar-refractivity contribution in [3.05, 3.63) is 90.0 Å². The number of amides is 3. The molecule has 37 heavy (non-hydrogen) atoms. The quantitative estimate of drug-likeness (QED) is 0.408. The number of benzene rings is 3. The molecule has 1 unspecified atom stereocenters. The van der Waals surface area contributed by atoms with Gasteiger partial charge in [-0.3, -0.25) is 4.79 Å². The number of ether oxygens (including phenoxy) is 1. The second kappa shape index (κ2) is 12.4. The van der Waals surface area contributed by atoms with Crippen LogP contribution in [0.4, 0.5) is 10.5 Å². The zero-order valence-corrected chi connectivity index (χ0v) is 22.3. The molecule has 0 aliphatic carbocycles. The summed E-state index contributed by atoms with van der Waals surface area (Å²) in [5.41, 5.74) is 2.28. The molecular weight excluding hydrogens is 490 g/mol. The zero-order chi connectivity index (χ0) is 27.0. The number of nitrogens with zero attached hydrogens (tertiary/aromatic N) is 1. The highest BCUT2D eigenvalue weighted by molar-refractivity contribution is 7.90. The van der Waals surface area contributed by atoms with Crippen LogP contribution in [0.3, 0.4) is 0 Å². The molecule has 8 nitrogen and oxygen atoms in total. The number of rotatable bonds is 10. The number of urea groups is 1. The van der Waals surface area contributed by atoms with Crippen LogP contribution >= 0.6 is 0 Å². The fraction of sp³-hybridized carbons (Fsp3) is 0.286. The van der Waals surface area contributed by atoms with Gasteiger partial charge in [-0.05, 0) is 60.4 Å². The van der Waals surface area contributed by atoms with Gasteiger partial charge in [0.05, 0.1) is 12.0 Å². The van der Waals surface area contributed by atoms with Crippen molar-refractivity contribution in [2.45, 2.75) is 44.0 Å². The fourth-order valence-electron chi connectivity index (χ4n) is 3.88. The lowest BCUT2D eigenvalue weighted by Gasteiger charge is -2.27. The summed E-state index contributed by atoms with van der Waals surface area (Å²) in [5.74, 6) is 0.401. The molecule has 0 aliphatic rings. The lowest BCUT2D eigenvalue weighted by atomic mass is 10.0. The topological polar surface area (TPSA) is 105 Å². The summed E-state index contributed by atoms with van der Waals surface area (Å²) in [4.78, 5) is 28.0. The van der Waals surface area contributed by atoms with Gasteiger partial charge in [0.1, 0.15) is 11.8 Å². The first kappa shape index (κ1) is 27.7. The van der Waals surface area contributed by atoms with Crippen LogP contribution in [0.25, 0.3) is 0 Å². The van der Waals surface area contributed by atoms with Gasteiger partial charge in [-0.25, -0.2) is 17.9 Å². The number of likely N-dealkylation sites (N-methyl/N-ethyl adjacent to an activating group) is 1. The average molecular weight is 524 g/mol. The number of carbonyl (C=O) groups is 2. The number of carbonyl (C=O) groups excluding carboxylic acids is 2. The monoisotopic (exact) mass is 523 g/mol. The van der Waals surface area contributed by atoms with Crippen LogP contribution in [0.15, 0.2) is 83.8 Å². The summed E-state index contributed by atoms with van der Waals surface area (Å²) in [6.07, 6.45) is 0.183. The van der Waals surface area contributed by atoms with Gasteiger partial charge in [-0.1, -0.05) is 56.3 Å². The molecule has 196 valence electrons. The van der Waals surface area contributed by atoms with Crippen LogP contribution in [-0.2, 0) is 21.2 Å². The Hall–Kier alpha value is -3.85. The van der Waals surface area contributed by atoms with Gasteiger partial charge >= 0.3 is 6.03 Å². The highest BCUT2D eigenvalue weighted by Gasteiger charge is 2.28. The van der Waals surface area contributed by atoms with E-state index in [1.165, 1.54) is 17.0 Å². The van der Waals surface area contributed by atoms with Crippen molar-refractivity contribution in [1.82, 2.24) is 10.0 Å². The van der Waals surface area contributed by atoms with E-state index in [2.05, 4.69) is 10.0 Å². The first-order valence-electron chi connectivity index (χ1n) is 12.1. The molecule has 0 saturated heterocycles. The molecule has 1 atom stereocenters. The van der Waals surface area contributed by atoms with Crippen molar-refractivity contribution < 1.29 is 22.7 Å². The Kier molecular flexibility index (Phi) is 9.30. The fourth-order valence-corrected chi connectivity index (χ4v) is 4.85. The predicted molar refractivity (Wildman–Crippen MR) is 144 cm³/mol. The van der Waals surface area contributed by atoms with Gasteiger partial charge in [0.25, 0.3) is 10.0 Å². The zero-order valence-electron chi connectivity index (χ0n) is 21.5. The standard InChI is InChI=1S/C28H33N3O5S/c1-5-31(23-14-16-24(36-4)17-15-23)27(32)26(18-21-10-7-6-8-11-21)29-28(33)30-37(34,35)25-13-9-12-22(19-25)20(2)3/h6-17,19-20,26H,5,18H2,1-4H3,(H2,29,30,33). The second-order valence-corrected chi connectivity index (χ2v) is 10.5. The van der Waals surface area contributed by atoms with Gasteiger partial charge in [-0.2, -0.15) is 0 Å². The second-order valence-electron chi connectivity index (χ2n) is 8.83. The summed E-state index contributed by atoms with van der Waals surface area (Å²) >= 11 is 0. The van der Waals surface area contributed by atoms with E-state index in [-0.39, 0.29) is 23.1 Å². The molecule has 0 radical (unpaired) electrons. The molecule has 2 N–H and O–H groups in total. The van der Waals surface area contributed by atoms with Gasteiger partial charge < -0.3 is 15.0 Å². The van der Waals surface area contributed by atoms with E-state index in [9.17, 15) is 18.0 Å². The summed E-state index contributed by atoms with van der Waals surface area (Å²) < 4.78 is 33.1. The van der Waals surface area contributed by atoms with Crippen LogP contribution < -0.4 is 19.7 Å². The third-order valence-corrected chi connectivity index (χ3v) is 7.24. The maximum absolute atomic E-state index is 13.6. The highest BCUT2D eigenvalue weighted by Crippen LogP contribution is 2.21. The van der Waals surface area contributed by atoms with Crippen LogP contribution in [0, 0.1) is 0 Å². The van der Waals surface area contributed by atoms with E-state index in [0.717, 1.165) is 11.1 Å². The summed E-state index contributed by atoms with van der Waals surface area (Å²) in [6, 6.07) is 20.7. The van der Waals surface area contributed by atoms with Gasteiger partial charge in [0.2, 0.25) is 5.91 Å². The van der Waals surface area contributed by atoms with Crippen molar-refractivity contribution >= 4 is 27.6 Å². The maximum atomic E-state index is 13.6. The molecule has 0 fully saturated rings. The van der Waals surface area contributed by atoms with Crippen molar-refractivity contribution in [2.24, 2.45) is 0 Å². The largest absolute Gasteiger partial charge is 0.497 e. The average Bonchev–Trinajstić information content (AvgIpc) is 2.89. The van der Waals surface area contributed by atoms with E-state index < -0.39 is 22.1 Å². The molecule has 0 spiro atoms. The Morgan fingerprint density at radius 2 is 1.62 bits per heavy atom. The first-order chi connectivity index (χ1) is 17.6. The third kappa shape index (κ3) is 7.33. The molecule has 3 rings (SSSR count). The summed E-state index contributed by atoms with van der Waals surface area (Å²) in [6.45, 7) is 6.08. The van der Waals surface area contributed by atoms with Gasteiger partial charge in [-0.15, -0.1) is 0 Å². The normalized spacial score (nSPS) is 12.0. The SMILES string of the molecule is CCN(C(=O)C(Cc1ccccc1)NC(=O)NS(=O)(=O)c1cccc(C(C)C)c1)c1ccc(OC)cc1. The predicted octanol–water partition coefficient (Wildman–Crippen LogP) is 4.47. The maximum Gasteiger partial charge on any atom is 0.329 e. The van der Waals surface area contributed by atoms with Crippen LogP contribution in [-0.4, -0.2) is 40.1 Å². The molecule has 9 heteroatoms.